The quantitative estimate of drug-likeness (QED) is 0.172. The Morgan fingerprint density at radius 1 is 0.812 bits per heavy atom. The number of nitriles is 2. The molecule has 0 atom stereocenters. The Labute approximate surface area is 378 Å². The van der Waals surface area contributed by atoms with Crippen LogP contribution in [0.5, 0.6) is 5.88 Å². The van der Waals surface area contributed by atoms with Crippen LogP contribution in [0.3, 0.4) is 0 Å². The van der Waals surface area contributed by atoms with Crippen LogP contribution in [0.1, 0.15) is 116 Å². The van der Waals surface area contributed by atoms with Gasteiger partial charge in [-0.3, -0.25) is 9.48 Å². The third-order valence-corrected chi connectivity index (χ3v) is 15.8. The number of amides is 1. The zero-order valence-corrected chi connectivity index (χ0v) is 38.1. The van der Waals surface area contributed by atoms with Crippen LogP contribution in [-0.2, 0) is 24.2 Å². The zero-order chi connectivity index (χ0) is 44.0. The number of fused-ring (bicyclic) bond motifs is 2. The van der Waals surface area contributed by atoms with Gasteiger partial charge in [0.1, 0.15) is 6.10 Å². The molecule has 2 aromatic carbocycles. The minimum absolute atomic E-state index is 0.119. The van der Waals surface area contributed by atoms with Crippen molar-refractivity contribution in [2.75, 3.05) is 73.6 Å². The number of anilines is 4. The Kier molecular flexibility index (Phi) is 11.7. The van der Waals surface area contributed by atoms with Gasteiger partial charge in [0.05, 0.1) is 35.9 Å². The molecule has 4 aromatic rings. The molecule has 1 spiro atoms. The highest BCUT2D eigenvalue weighted by Crippen LogP contribution is 2.44. The van der Waals surface area contributed by atoms with Crippen LogP contribution in [-0.4, -0.2) is 101 Å². The fourth-order valence-corrected chi connectivity index (χ4v) is 11.9. The SMILES string of the molecule is CC(=O)N1CCc2c(c(N3CCCc4cc(C#N)c(C)cc43)nn2C2CCC(CN3CCC(Oc4ccc(N5CCC6(CCN(c7ccc(C#N)c(C)c7)C6)CC5)nn4)CC3)CC2)C1. The van der Waals surface area contributed by atoms with Crippen molar-refractivity contribution in [3.63, 3.8) is 0 Å². The number of piperidine rings is 2. The number of aromatic nitrogens is 4. The van der Waals surface area contributed by atoms with Gasteiger partial charge in [-0.1, -0.05) is 0 Å². The summed E-state index contributed by atoms with van der Waals surface area (Å²) < 4.78 is 8.78. The lowest BCUT2D eigenvalue weighted by Gasteiger charge is -2.39. The van der Waals surface area contributed by atoms with Gasteiger partial charge in [-0.2, -0.15) is 15.6 Å². The molecule has 2 aromatic heterocycles. The molecule has 13 nitrogen and oxygen atoms in total. The monoisotopic (exact) mass is 862 g/mol. The number of aryl methyl sites for hydroxylation is 3. The molecule has 1 aliphatic carbocycles. The van der Waals surface area contributed by atoms with E-state index in [0.29, 0.717) is 29.8 Å². The van der Waals surface area contributed by atoms with Crippen molar-refractivity contribution in [2.24, 2.45) is 11.3 Å². The summed E-state index contributed by atoms with van der Waals surface area (Å²) in [6, 6.07) is 19.6. The predicted octanol–water partition coefficient (Wildman–Crippen LogP) is 7.79. The minimum atomic E-state index is 0.119. The summed E-state index contributed by atoms with van der Waals surface area (Å²) in [5.74, 6) is 3.37. The van der Waals surface area contributed by atoms with E-state index in [9.17, 15) is 15.3 Å². The van der Waals surface area contributed by atoms with Gasteiger partial charge in [-0.25, -0.2) is 0 Å². The van der Waals surface area contributed by atoms with E-state index in [1.54, 1.807) is 6.92 Å². The van der Waals surface area contributed by atoms with Gasteiger partial charge >= 0.3 is 0 Å². The van der Waals surface area contributed by atoms with Crippen molar-refractivity contribution in [1.29, 1.82) is 10.5 Å². The van der Waals surface area contributed by atoms with Crippen LogP contribution in [0, 0.1) is 47.8 Å². The Hall–Kier alpha value is -5.66. The molecule has 0 radical (unpaired) electrons. The molecule has 4 fully saturated rings. The van der Waals surface area contributed by atoms with Crippen molar-refractivity contribution in [2.45, 2.75) is 117 Å². The van der Waals surface area contributed by atoms with Gasteiger partial charge in [-0.15, -0.1) is 10.2 Å². The van der Waals surface area contributed by atoms with E-state index in [1.165, 1.54) is 41.8 Å². The third-order valence-electron chi connectivity index (χ3n) is 15.8. The smallest absolute Gasteiger partial charge is 0.233 e. The van der Waals surface area contributed by atoms with Crippen LogP contribution < -0.4 is 19.4 Å². The molecule has 64 heavy (non-hydrogen) atoms. The molecule has 1 amide bonds. The molecular weight excluding hydrogens is 799 g/mol. The molecular formula is C51H63N11O2. The number of benzene rings is 2. The number of nitrogens with zero attached hydrogens (tertiary/aromatic N) is 11. The number of rotatable bonds is 8. The van der Waals surface area contributed by atoms with Gasteiger partial charge < -0.3 is 29.2 Å². The minimum Gasteiger partial charge on any atom is -0.473 e. The highest BCUT2D eigenvalue weighted by molar-refractivity contribution is 5.75. The zero-order valence-electron chi connectivity index (χ0n) is 38.1. The first-order valence-corrected chi connectivity index (χ1v) is 24.1. The number of ether oxygens (including phenoxy) is 1. The molecule has 0 N–H and O–H groups in total. The number of carbonyl (C=O) groups excluding carboxylic acids is 1. The second-order valence-electron chi connectivity index (χ2n) is 19.8. The average molecular weight is 862 g/mol. The van der Waals surface area contributed by atoms with Crippen molar-refractivity contribution in [3.05, 3.63) is 81.5 Å². The number of hydrogen-bond donors (Lipinski definition) is 0. The van der Waals surface area contributed by atoms with Crippen molar-refractivity contribution in [3.8, 4) is 18.0 Å². The summed E-state index contributed by atoms with van der Waals surface area (Å²) in [5, 5.41) is 33.7. The second-order valence-corrected chi connectivity index (χ2v) is 19.8. The molecule has 0 bridgehead atoms. The number of carbonyl (C=O) groups is 1. The summed E-state index contributed by atoms with van der Waals surface area (Å²) in [4.78, 5) is 24.5. The normalized spacial score (nSPS) is 22.5. The maximum Gasteiger partial charge on any atom is 0.233 e. The Bertz CT molecular complexity index is 2440. The fourth-order valence-electron chi connectivity index (χ4n) is 11.9. The van der Waals surface area contributed by atoms with E-state index >= 15 is 0 Å². The standard InChI is InChI=1S/C51H63N11O2/c1-35-27-43(11-8-40(35)30-52)60-26-19-51(34-60)17-24-58(25-18-51)48-12-13-49(55-54-48)64-44-14-21-57(22-15-44)32-38-6-9-42(10-7-38)62-46-16-23-59(37(3)63)33-45(46)50(56-62)61-20-4-5-39-29-41(31-53)36(2)28-47(39)61/h8,11-13,27-29,38,42,44H,4-7,9-10,14-26,32-34H2,1-3H3. The summed E-state index contributed by atoms with van der Waals surface area (Å²) in [7, 11) is 0. The summed E-state index contributed by atoms with van der Waals surface area (Å²) in [5.41, 5.74) is 10.0. The van der Waals surface area contributed by atoms with E-state index in [1.807, 2.05) is 30.9 Å². The Balaban J connectivity index is 0.696. The summed E-state index contributed by atoms with van der Waals surface area (Å²) >= 11 is 0. The van der Waals surface area contributed by atoms with Crippen LogP contribution in [0.15, 0.2) is 42.5 Å². The van der Waals surface area contributed by atoms with E-state index in [0.717, 1.165) is 156 Å². The first kappa shape index (κ1) is 42.3. The maximum atomic E-state index is 12.6. The molecule has 334 valence electrons. The lowest BCUT2D eigenvalue weighted by molar-refractivity contribution is -0.129. The molecule has 7 heterocycles. The first-order valence-electron chi connectivity index (χ1n) is 24.1. The second kappa shape index (κ2) is 17.7. The number of likely N-dealkylation sites (tertiary alicyclic amines) is 1. The lowest BCUT2D eigenvalue weighted by atomic mass is 9.78. The largest absolute Gasteiger partial charge is 0.473 e. The molecule has 13 heteroatoms. The van der Waals surface area contributed by atoms with Gasteiger partial charge in [0.25, 0.3) is 0 Å². The lowest BCUT2D eigenvalue weighted by Crippen LogP contribution is -2.42. The van der Waals surface area contributed by atoms with Crippen LogP contribution in [0.2, 0.25) is 0 Å². The van der Waals surface area contributed by atoms with E-state index in [2.05, 4.69) is 76.9 Å². The topological polar surface area (TPSA) is 134 Å². The summed E-state index contributed by atoms with van der Waals surface area (Å²) in [6.45, 7) is 15.3. The van der Waals surface area contributed by atoms with Gasteiger partial charge in [0.15, 0.2) is 11.6 Å². The van der Waals surface area contributed by atoms with Crippen LogP contribution in [0.4, 0.5) is 23.0 Å². The van der Waals surface area contributed by atoms with Crippen molar-refractivity contribution in [1.82, 2.24) is 29.8 Å². The molecule has 1 saturated carbocycles. The van der Waals surface area contributed by atoms with Crippen molar-refractivity contribution >= 4 is 28.9 Å². The van der Waals surface area contributed by atoms with Crippen LogP contribution in [0.25, 0.3) is 0 Å². The molecule has 3 saturated heterocycles. The molecule has 0 unspecified atom stereocenters. The van der Waals surface area contributed by atoms with Crippen molar-refractivity contribution < 1.29 is 9.53 Å². The predicted molar refractivity (Wildman–Crippen MR) is 248 cm³/mol. The van der Waals surface area contributed by atoms with Gasteiger partial charge in [-0.05, 0) is 149 Å². The van der Waals surface area contributed by atoms with Gasteiger partial charge in [0.2, 0.25) is 11.8 Å². The molecule has 6 aliphatic rings. The molecule has 10 rings (SSSR count). The van der Waals surface area contributed by atoms with E-state index in [4.69, 9.17) is 9.84 Å². The Morgan fingerprint density at radius 2 is 1.56 bits per heavy atom. The molecule has 5 aliphatic heterocycles. The third kappa shape index (κ3) is 8.40. The van der Waals surface area contributed by atoms with Gasteiger partial charge in [0, 0.05) is 101 Å². The van der Waals surface area contributed by atoms with Crippen LogP contribution >= 0.6 is 0 Å². The van der Waals surface area contributed by atoms with E-state index in [-0.39, 0.29) is 12.0 Å². The summed E-state index contributed by atoms with van der Waals surface area (Å²) in [6.07, 6.45) is 13.1. The maximum absolute atomic E-state index is 12.6. The highest BCUT2D eigenvalue weighted by Gasteiger charge is 2.41. The first-order chi connectivity index (χ1) is 31.2. The Morgan fingerprint density at radius 3 is 2.27 bits per heavy atom. The van der Waals surface area contributed by atoms with E-state index < -0.39 is 0 Å². The highest BCUT2D eigenvalue weighted by atomic mass is 16.5. The average Bonchev–Trinajstić information content (AvgIpc) is 3.91. The number of hydrogen-bond acceptors (Lipinski definition) is 11. The fraction of sp³-hybridized carbons (Fsp3) is 0.569.